The molecule has 1 aliphatic carbocycles. The number of ether oxygens (including phenoxy) is 2. The third kappa shape index (κ3) is 3.75. The number of allylic oxidation sites excluding steroid dienone is 2. The van der Waals surface area contributed by atoms with Crippen LogP contribution in [-0.2, 0) is 29.2 Å². The molecule has 19 heavy (non-hydrogen) atoms. The van der Waals surface area contributed by atoms with Crippen LogP contribution < -0.4 is 51.4 Å². The molecule has 1 N–H and O–H groups in total. The van der Waals surface area contributed by atoms with Crippen molar-refractivity contribution in [3.05, 3.63) is 23.8 Å². The topological polar surface area (TPSA) is 107 Å². The van der Waals surface area contributed by atoms with Crippen LogP contribution in [0, 0.1) is 6.08 Å². The van der Waals surface area contributed by atoms with Gasteiger partial charge in [0.1, 0.15) is 0 Å². The second kappa shape index (κ2) is 7.11. The number of carbonyl (C=O) groups is 2. The molecule has 0 fully saturated rings. The molecule has 1 atom stereocenters. The van der Waals surface area contributed by atoms with Gasteiger partial charge in [-0.2, -0.15) is 8.42 Å². The van der Waals surface area contributed by atoms with Gasteiger partial charge < -0.3 is 9.47 Å². The molecule has 0 saturated carbocycles. The van der Waals surface area contributed by atoms with E-state index in [9.17, 15) is 22.6 Å². The van der Waals surface area contributed by atoms with E-state index in [4.69, 9.17) is 0 Å². The summed E-state index contributed by atoms with van der Waals surface area (Å²) in [6, 6.07) is 0. The summed E-state index contributed by atoms with van der Waals surface area (Å²) < 4.78 is 38.3. The van der Waals surface area contributed by atoms with Gasteiger partial charge in [-0.1, -0.05) is 6.42 Å². The molecule has 0 amide bonds. The average Bonchev–Trinajstić information content (AvgIpc) is 2.35. The molecule has 0 spiro atoms. The van der Waals surface area contributed by atoms with Gasteiger partial charge in [0.25, 0.3) is 16.1 Å². The van der Waals surface area contributed by atoms with Crippen molar-refractivity contribution >= 4 is 22.1 Å². The summed E-state index contributed by atoms with van der Waals surface area (Å²) in [7, 11) is -2.74. The van der Waals surface area contributed by atoms with Gasteiger partial charge in [-0.05, 0) is 0 Å². The number of hydrogen-bond donors (Lipinski definition) is 1. The first-order valence-electron chi connectivity index (χ1n) is 4.71. The average molecular weight is 314 g/mol. The summed E-state index contributed by atoms with van der Waals surface area (Å²) in [4.78, 5) is 22.9. The van der Waals surface area contributed by atoms with Crippen LogP contribution in [0.25, 0.3) is 0 Å². The van der Waals surface area contributed by atoms with E-state index in [0.717, 1.165) is 20.3 Å². The monoisotopic (exact) mass is 314 g/mol. The van der Waals surface area contributed by atoms with E-state index in [1.165, 1.54) is 6.08 Å². The molecule has 0 aromatic rings. The van der Waals surface area contributed by atoms with Crippen LogP contribution in [0.15, 0.2) is 17.7 Å². The van der Waals surface area contributed by atoms with Crippen LogP contribution in [0.1, 0.15) is 6.42 Å². The van der Waals surface area contributed by atoms with E-state index in [-0.39, 0.29) is 57.0 Å². The van der Waals surface area contributed by atoms with Crippen LogP contribution in [0.4, 0.5) is 0 Å². The van der Waals surface area contributed by atoms with Gasteiger partial charge >= 0.3 is 57.4 Å². The first-order chi connectivity index (χ1) is 8.28. The first kappa shape index (κ1) is 19.0. The summed E-state index contributed by atoms with van der Waals surface area (Å²) in [5.74, 6) is -2.01. The minimum Gasteiger partial charge on any atom is -0.479 e. The molecule has 1 unspecified atom stereocenters. The molecule has 0 saturated heterocycles. The molecule has 1 rings (SSSR count). The Morgan fingerprint density at radius 1 is 1.37 bits per heavy atom. The maximum atomic E-state index is 11.6. The van der Waals surface area contributed by atoms with E-state index < -0.39 is 33.2 Å². The van der Waals surface area contributed by atoms with E-state index in [1.54, 1.807) is 0 Å². The Morgan fingerprint density at radius 2 is 1.95 bits per heavy atom. The standard InChI is InChI=1S/C10H11O7S.K/c1-16-8(11)7-4-3-5-10(6-7,9(12)17-2)18(13,14)15;/h4-5H,6H2,1-2H3,(H,13,14,15);/q-1;+1. The zero-order valence-electron chi connectivity index (χ0n) is 10.7. The molecule has 0 heterocycles. The van der Waals surface area contributed by atoms with E-state index >= 15 is 0 Å². The Balaban J connectivity index is 0.00000324. The van der Waals surface area contributed by atoms with Gasteiger partial charge in [-0.25, -0.2) is 6.08 Å². The fraction of sp³-hybridized carbons (Fsp3) is 0.400. The quantitative estimate of drug-likeness (QED) is 0.251. The summed E-state index contributed by atoms with van der Waals surface area (Å²) >= 11 is 0. The van der Waals surface area contributed by atoms with Crippen molar-refractivity contribution in [3.63, 3.8) is 0 Å². The normalized spacial score (nSPS) is 21.9. The van der Waals surface area contributed by atoms with E-state index in [1.807, 2.05) is 0 Å². The second-order valence-corrected chi connectivity index (χ2v) is 5.18. The SMILES string of the molecule is COC(=O)C1=C[C-]=CC(C(=O)OC)(S(=O)(=O)O)C1.[K+]. The zero-order chi connectivity index (χ0) is 14.0. The van der Waals surface area contributed by atoms with Crippen molar-refractivity contribution in [2.24, 2.45) is 0 Å². The second-order valence-electron chi connectivity index (χ2n) is 3.51. The smallest absolute Gasteiger partial charge is 0.479 e. The Kier molecular flexibility index (Phi) is 7.10. The molecule has 1 aliphatic rings. The van der Waals surface area contributed by atoms with Crippen molar-refractivity contribution in [2.75, 3.05) is 14.2 Å². The summed E-state index contributed by atoms with van der Waals surface area (Å²) in [6.45, 7) is 0. The van der Waals surface area contributed by atoms with Gasteiger partial charge in [0.2, 0.25) is 0 Å². The molecule has 0 bridgehead atoms. The van der Waals surface area contributed by atoms with E-state index in [2.05, 4.69) is 15.5 Å². The number of rotatable bonds is 3. The Labute approximate surface area is 153 Å². The minimum absolute atomic E-state index is 0. The maximum absolute atomic E-state index is 11.6. The van der Waals surface area contributed by atoms with Gasteiger partial charge in [-0.3, -0.25) is 20.2 Å². The van der Waals surface area contributed by atoms with Gasteiger partial charge in [0, 0.05) is 0 Å². The predicted molar refractivity (Wildman–Crippen MR) is 58.8 cm³/mol. The molecule has 9 heteroatoms. The van der Waals surface area contributed by atoms with Crippen LogP contribution in [0.5, 0.6) is 0 Å². The minimum atomic E-state index is -4.81. The van der Waals surface area contributed by atoms with Gasteiger partial charge in [0.05, 0.1) is 14.2 Å². The van der Waals surface area contributed by atoms with Crippen LogP contribution >= 0.6 is 0 Å². The van der Waals surface area contributed by atoms with Crippen LogP contribution in [0.3, 0.4) is 0 Å². The van der Waals surface area contributed by atoms with Crippen LogP contribution in [-0.4, -0.2) is 43.9 Å². The van der Waals surface area contributed by atoms with Crippen molar-refractivity contribution < 1.29 is 83.4 Å². The van der Waals surface area contributed by atoms with Crippen molar-refractivity contribution in [3.8, 4) is 0 Å². The molecular formula is C10H11KO7S. The Morgan fingerprint density at radius 3 is 2.37 bits per heavy atom. The van der Waals surface area contributed by atoms with Crippen molar-refractivity contribution in [1.82, 2.24) is 0 Å². The summed E-state index contributed by atoms with van der Waals surface area (Å²) in [5, 5.41) is 0. The Hall–Kier alpha value is -0.0336. The third-order valence-corrected chi connectivity index (χ3v) is 3.82. The fourth-order valence-corrected chi connectivity index (χ4v) is 2.35. The Bertz CT molecular complexity index is 534. The molecule has 7 nitrogen and oxygen atoms in total. The zero-order valence-corrected chi connectivity index (χ0v) is 14.6. The molecular weight excluding hydrogens is 303 g/mol. The molecule has 0 aliphatic heterocycles. The predicted octanol–water partition coefficient (Wildman–Crippen LogP) is -3.35. The van der Waals surface area contributed by atoms with Crippen molar-refractivity contribution in [1.29, 1.82) is 0 Å². The summed E-state index contributed by atoms with van der Waals surface area (Å²) in [6.07, 6.45) is 3.79. The fourth-order valence-electron chi connectivity index (χ4n) is 1.50. The number of esters is 2. The van der Waals surface area contributed by atoms with Crippen molar-refractivity contribution in [2.45, 2.75) is 11.2 Å². The number of methoxy groups -OCH3 is 2. The third-order valence-electron chi connectivity index (χ3n) is 2.47. The molecule has 0 aromatic heterocycles. The van der Waals surface area contributed by atoms with Crippen LogP contribution in [0.2, 0.25) is 0 Å². The number of carbonyl (C=O) groups excluding carboxylic acids is 2. The molecule has 0 aromatic carbocycles. The largest absolute Gasteiger partial charge is 1.00 e. The number of hydrogen-bond acceptors (Lipinski definition) is 6. The molecule has 100 valence electrons. The molecule has 0 radical (unpaired) electrons. The summed E-state index contributed by atoms with van der Waals surface area (Å²) in [5.41, 5.74) is -0.108. The maximum Gasteiger partial charge on any atom is 1.00 e. The first-order valence-corrected chi connectivity index (χ1v) is 6.15. The van der Waals surface area contributed by atoms with E-state index in [0.29, 0.717) is 0 Å². The van der Waals surface area contributed by atoms with Gasteiger partial charge in [0.15, 0.2) is 4.75 Å². The van der Waals surface area contributed by atoms with Gasteiger partial charge in [-0.15, -0.1) is 11.6 Å².